The first-order valence-corrected chi connectivity index (χ1v) is 5.96. The lowest BCUT2D eigenvalue weighted by Gasteiger charge is -2.06. The molecule has 0 radical (unpaired) electrons. The maximum atomic E-state index is 13.1. The lowest BCUT2D eigenvalue weighted by Crippen LogP contribution is -2.00. The van der Waals surface area contributed by atoms with Gasteiger partial charge in [0, 0.05) is 18.8 Å². The van der Waals surface area contributed by atoms with Gasteiger partial charge in [0.15, 0.2) is 23.3 Å². The van der Waals surface area contributed by atoms with E-state index in [9.17, 15) is 13.2 Å². The Balaban J connectivity index is 2.55. The van der Waals surface area contributed by atoms with Crippen LogP contribution in [0.3, 0.4) is 0 Å². The number of rotatable bonds is 2. The second-order valence-electron chi connectivity index (χ2n) is 3.39. The molecule has 0 bridgehead atoms. The Kier molecular flexibility index (Phi) is 3.69. The minimum atomic E-state index is -1.50. The molecule has 1 N–H and O–H groups in total. The topological polar surface area (TPSA) is 37.8 Å². The molecular weight excluding hydrogens is 358 g/mol. The van der Waals surface area contributed by atoms with E-state index in [2.05, 4.69) is 15.3 Å². The molecule has 1 aromatic heterocycles. The molecule has 1 heterocycles. The van der Waals surface area contributed by atoms with Gasteiger partial charge in [0.1, 0.15) is 5.82 Å². The van der Waals surface area contributed by atoms with Gasteiger partial charge in [0.05, 0.1) is 3.57 Å². The summed E-state index contributed by atoms with van der Waals surface area (Å²) >= 11 is 2.02. The molecule has 0 aliphatic rings. The molecule has 0 unspecified atom stereocenters. The van der Waals surface area contributed by atoms with Crippen LogP contribution in [0.2, 0.25) is 0 Å². The number of nitrogens with zero attached hydrogens (tertiary/aromatic N) is 2. The number of nitrogens with one attached hydrogen (secondary N) is 1. The summed E-state index contributed by atoms with van der Waals surface area (Å²) in [6.07, 6.45) is 1.51. The Morgan fingerprint density at radius 2 is 1.78 bits per heavy atom. The van der Waals surface area contributed by atoms with Crippen molar-refractivity contribution in [1.29, 1.82) is 0 Å². The molecule has 0 atom stereocenters. The van der Waals surface area contributed by atoms with E-state index in [1.165, 1.54) is 6.20 Å². The third-order valence-corrected chi connectivity index (χ3v) is 3.01. The molecular formula is C11H7F3IN3. The van der Waals surface area contributed by atoms with Crippen molar-refractivity contribution in [2.24, 2.45) is 0 Å². The molecule has 0 saturated heterocycles. The van der Waals surface area contributed by atoms with E-state index in [-0.39, 0.29) is 11.4 Å². The fourth-order valence-corrected chi connectivity index (χ4v) is 1.90. The summed E-state index contributed by atoms with van der Waals surface area (Å²) in [6.45, 7) is 0. The summed E-state index contributed by atoms with van der Waals surface area (Å²) < 4.78 is 39.8. The standard InChI is InChI=1S/C11H7F3IN3/c1-16-11-8(15)4-17-10(18-11)5-2-6(12)9(14)7(13)3-5/h2-4H,1H3,(H,16,17,18). The van der Waals surface area contributed by atoms with Crippen LogP contribution in [-0.4, -0.2) is 17.0 Å². The number of hydrogen-bond donors (Lipinski definition) is 1. The molecule has 94 valence electrons. The lowest BCUT2D eigenvalue weighted by molar-refractivity contribution is 0.447. The highest BCUT2D eigenvalue weighted by atomic mass is 127. The molecule has 2 aromatic rings. The van der Waals surface area contributed by atoms with Crippen LogP contribution in [0.25, 0.3) is 11.4 Å². The van der Waals surface area contributed by atoms with Crippen LogP contribution in [0.1, 0.15) is 0 Å². The largest absolute Gasteiger partial charge is 0.372 e. The lowest BCUT2D eigenvalue weighted by atomic mass is 10.2. The Bertz CT molecular complexity index is 581. The fourth-order valence-electron chi connectivity index (χ4n) is 1.37. The van der Waals surface area contributed by atoms with Gasteiger partial charge in [-0.05, 0) is 34.7 Å². The molecule has 3 nitrogen and oxygen atoms in total. The van der Waals surface area contributed by atoms with E-state index < -0.39 is 17.5 Å². The Labute approximate surface area is 115 Å². The molecule has 0 aliphatic carbocycles. The quantitative estimate of drug-likeness (QED) is 0.656. The number of benzene rings is 1. The maximum absolute atomic E-state index is 13.1. The zero-order valence-corrected chi connectivity index (χ0v) is 11.3. The monoisotopic (exact) mass is 365 g/mol. The maximum Gasteiger partial charge on any atom is 0.194 e. The summed E-state index contributed by atoms with van der Waals surface area (Å²) in [4.78, 5) is 8.04. The normalized spacial score (nSPS) is 10.5. The number of aromatic nitrogens is 2. The molecule has 0 saturated carbocycles. The molecule has 0 aliphatic heterocycles. The summed E-state index contributed by atoms with van der Waals surface area (Å²) in [7, 11) is 1.67. The summed E-state index contributed by atoms with van der Waals surface area (Å²) in [5.41, 5.74) is 0.0827. The Hall–Kier alpha value is -1.38. The first kappa shape index (κ1) is 13.1. The molecule has 0 fully saturated rings. The number of hydrogen-bond acceptors (Lipinski definition) is 3. The van der Waals surface area contributed by atoms with Gasteiger partial charge in [-0.15, -0.1) is 0 Å². The van der Waals surface area contributed by atoms with Crippen molar-refractivity contribution >= 4 is 28.4 Å². The number of halogens is 4. The van der Waals surface area contributed by atoms with Crippen LogP contribution in [0.4, 0.5) is 19.0 Å². The highest BCUT2D eigenvalue weighted by Gasteiger charge is 2.14. The van der Waals surface area contributed by atoms with Gasteiger partial charge in [-0.25, -0.2) is 23.1 Å². The SMILES string of the molecule is CNc1nc(-c2cc(F)c(F)c(F)c2)ncc1I. The molecule has 7 heteroatoms. The Morgan fingerprint density at radius 3 is 2.33 bits per heavy atom. The van der Waals surface area contributed by atoms with Crippen molar-refractivity contribution < 1.29 is 13.2 Å². The predicted molar refractivity (Wildman–Crippen MR) is 69.6 cm³/mol. The van der Waals surface area contributed by atoms with Crippen LogP contribution < -0.4 is 5.32 Å². The van der Waals surface area contributed by atoms with Crippen molar-refractivity contribution in [1.82, 2.24) is 9.97 Å². The molecule has 0 spiro atoms. The van der Waals surface area contributed by atoms with Crippen LogP contribution in [0.5, 0.6) is 0 Å². The van der Waals surface area contributed by atoms with Gasteiger partial charge in [-0.1, -0.05) is 0 Å². The smallest absolute Gasteiger partial charge is 0.194 e. The van der Waals surface area contributed by atoms with E-state index in [1.54, 1.807) is 7.05 Å². The third-order valence-electron chi connectivity index (χ3n) is 2.22. The summed E-state index contributed by atoms with van der Waals surface area (Å²) in [5.74, 6) is -3.38. The van der Waals surface area contributed by atoms with Crippen LogP contribution in [0.15, 0.2) is 18.3 Å². The van der Waals surface area contributed by atoms with E-state index in [0.717, 1.165) is 15.7 Å². The van der Waals surface area contributed by atoms with Crippen molar-refractivity contribution in [3.8, 4) is 11.4 Å². The van der Waals surface area contributed by atoms with Crippen LogP contribution in [0, 0.1) is 21.0 Å². The van der Waals surface area contributed by atoms with Gasteiger partial charge in [0.2, 0.25) is 0 Å². The predicted octanol–water partition coefficient (Wildman–Crippen LogP) is 3.21. The minimum Gasteiger partial charge on any atom is -0.372 e. The van der Waals surface area contributed by atoms with Crippen molar-refractivity contribution in [3.05, 3.63) is 39.4 Å². The van der Waals surface area contributed by atoms with Crippen molar-refractivity contribution in [3.63, 3.8) is 0 Å². The van der Waals surface area contributed by atoms with Gasteiger partial charge >= 0.3 is 0 Å². The molecule has 18 heavy (non-hydrogen) atoms. The Morgan fingerprint density at radius 1 is 1.17 bits per heavy atom. The van der Waals surface area contributed by atoms with E-state index in [1.807, 2.05) is 22.6 Å². The van der Waals surface area contributed by atoms with E-state index >= 15 is 0 Å². The zero-order valence-electron chi connectivity index (χ0n) is 9.14. The minimum absolute atomic E-state index is 0.0827. The van der Waals surface area contributed by atoms with Crippen molar-refractivity contribution in [2.75, 3.05) is 12.4 Å². The van der Waals surface area contributed by atoms with Gasteiger partial charge < -0.3 is 5.32 Å². The second kappa shape index (κ2) is 5.09. The van der Waals surface area contributed by atoms with Crippen LogP contribution in [-0.2, 0) is 0 Å². The van der Waals surface area contributed by atoms with Gasteiger partial charge in [0.25, 0.3) is 0 Å². The van der Waals surface area contributed by atoms with Crippen molar-refractivity contribution in [2.45, 2.75) is 0 Å². The molecule has 1 aromatic carbocycles. The average Bonchev–Trinajstić information content (AvgIpc) is 2.36. The van der Waals surface area contributed by atoms with Gasteiger partial charge in [-0.2, -0.15) is 0 Å². The summed E-state index contributed by atoms with van der Waals surface area (Å²) in [6, 6.07) is 1.72. The average molecular weight is 365 g/mol. The first-order valence-electron chi connectivity index (χ1n) is 4.88. The molecule has 2 rings (SSSR count). The van der Waals surface area contributed by atoms with E-state index in [0.29, 0.717) is 5.82 Å². The fraction of sp³-hybridized carbons (Fsp3) is 0.0909. The summed E-state index contributed by atoms with van der Waals surface area (Å²) in [5, 5.41) is 2.83. The number of anilines is 1. The second-order valence-corrected chi connectivity index (χ2v) is 4.56. The van der Waals surface area contributed by atoms with Gasteiger partial charge in [-0.3, -0.25) is 0 Å². The van der Waals surface area contributed by atoms with Crippen LogP contribution >= 0.6 is 22.6 Å². The van der Waals surface area contributed by atoms with E-state index in [4.69, 9.17) is 0 Å². The molecule has 0 amide bonds. The highest BCUT2D eigenvalue weighted by molar-refractivity contribution is 14.1. The highest BCUT2D eigenvalue weighted by Crippen LogP contribution is 2.23. The third kappa shape index (κ3) is 2.40. The zero-order chi connectivity index (χ0) is 13.3. The first-order chi connectivity index (χ1) is 8.52.